The molecular weight excluding hydrogens is 262 g/mol. The van der Waals surface area contributed by atoms with E-state index in [0.717, 1.165) is 25.3 Å². The molecule has 0 saturated heterocycles. The molecule has 2 rings (SSSR count). The Morgan fingerprint density at radius 1 is 1.21 bits per heavy atom. The quantitative estimate of drug-likeness (QED) is 0.886. The van der Waals surface area contributed by atoms with Gasteiger partial charge in [0, 0.05) is 24.8 Å². The summed E-state index contributed by atoms with van der Waals surface area (Å²) in [6.07, 6.45) is 4.77. The Balaban J connectivity index is 0.00000180. The lowest BCUT2D eigenvalue weighted by Crippen LogP contribution is -2.12. The van der Waals surface area contributed by atoms with Gasteiger partial charge < -0.3 is 5.32 Å². The number of anilines is 1. The molecule has 0 atom stereocenters. The van der Waals surface area contributed by atoms with Crippen LogP contribution in [0.1, 0.15) is 38.9 Å². The summed E-state index contributed by atoms with van der Waals surface area (Å²) in [7, 11) is 0. The second kappa shape index (κ2) is 7.19. The van der Waals surface area contributed by atoms with E-state index in [0.29, 0.717) is 6.04 Å². The third kappa shape index (κ3) is 3.73. The van der Waals surface area contributed by atoms with Crippen LogP contribution in [0.25, 0.3) is 0 Å². The van der Waals surface area contributed by atoms with Crippen LogP contribution in [0.4, 0.5) is 5.82 Å². The standard InChI is InChI=1S/C13H21N5.ClH/c1-4-9-17-12(5-7-15-17)10-14-13-6-8-16-18(13)11(2)3;/h5-8,11,14H,4,9-10H2,1-3H3;1H. The highest BCUT2D eigenvalue weighted by molar-refractivity contribution is 5.85. The smallest absolute Gasteiger partial charge is 0.124 e. The van der Waals surface area contributed by atoms with Crippen molar-refractivity contribution in [1.82, 2.24) is 19.6 Å². The van der Waals surface area contributed by atoms with Crippen LogP contribution < -0.4 is 5.32 Å². The van der Waals surface area contributed by atoms with Gasteiger partial charge >= 0.3 is 0 Å². The van der Waals surface area contributed by atoms with Gasteiger partial charge in [0.05, 0.1) is 18.4 Å². The summed E-state index contributed by atoms with van der Waals surface area (Å²) in [5.74, 6) is 1.05. The lowest BCUT2D eigenvalue weighted by molar-refractivity contribution is 0.535. The van der Waals surface area contributed by atoms with Gasteiger partial charge in [-0.15, -0.1) is 12.4 Å². The van der Waals surface area contributed by atoms with Crippen molar-refractivity contribution in [2.75, 3.05) is 5.32 Å². The topological polar surface area (TPSA) is 47.7 Å². The van der Waals surface area contributed by atoms with Crippen LogP contribution >= 0.6 is 12.4 Å². The Labute approximate surface area is 120 Å². The average molecular weight is 284 g/mol. The van der Waals surface area contributed by atoms with Crippen molar-refractivity contribution in [3.8, 4) is 0 Å². The van der Waals surface area contributed by atoms with Gasteiger partial charge in [-0.2, -0.15) is 10.2 Å². The maximum atomic E-state index is 4.32. The molecule has 106 valence electrons. The number of aromatic nitrogens is 4. The van der Waals surface area contributed by atoms with Crippen LogP contribution in [0.15, 0.2) is 24.5 Å². The summed E-state index contributed by atoms with van der Waals surface area (Å²) in [5.41, 5.74) is 1.20. The summed E-state index contributed by atoms with van der Waals surface area (Å²) < 4.78 is 4.03. The Bertz CT molecular complexity index is 489. The minimum Gasteiger partial charge on any atom is -0.365 e. The molecule has 0 aliphatic rings. The van der Waals surface area contributed by atoms with Crippen LogP contribution in [0, 0.1) is 0 Å². The molecule has 0 saturated carbocycles. The fourth-order valence-corrected chi connectivity index (χ4v) is 1.97. The molecule has 19 heavy (non-hydrogen) atoms. The minimum atomic E-state index is 0. The van der Waals surface area contributed by atoms with Crippen molar-refractivity contribution in [2.24, 2.45) is 0 Å². The second-order valence-electron chi connectivity index (χ2n) is 4.65. The predicted molar refractivity (Wildman–Crippen MR) is 79.7 cm³/mol. The van der Waals surface area contributed by atoms with Crippen molar-refractivity contribution < 1.29 is 0 Å². The van der Waals surface area contributed by atoms with Crippen molar-refractivity contribution >= 4 is 18.2 Å². The molecule has 0 aliphatic carbocycles. The largest absolute Gasteiger partial charge is 0.365 e. The van der Waals surface area contributed by atoms with E-state index < -0.39 is 0 Å². The Kier molecular flexibility index (Phi) is 5.89. The first-order chi connectivity index (χ1) is 8.72. The zero-order valence-electron chi connectivity index (χ0n) is 11.7. The number of nitrogens with zero attached hydrogens (tertiary/aromatic N) is 4. The van der Waals surface area contributed by atoms with Gasteiger partial charge in [-0.05, 0) is 26.3 Å². The van der Waals surface area contributed by atoms with E-state index in [4.69, 9.17) is 0 Å². The maximum absolute atomic E-state index is 4.32. The molecule has 2 aromatic heterocycles. The van der Waals surface area contributed by atoms with Crippen LogP contribution in [0.5, 0.6) is 0 Å². The number of nitrogens with one attached hydrogen (secondary N) is 1. The molecule has 0 amide bonds. The highest BCUT2D eigenvalue weighted by atomic mass is 35.5. The summed E-state index contributed by atoms with van der Waals surface area (Å²) >= 11 is 0. The van der Waals surface area contributed by atoms with Crippen molar-refractivity contribution in [3.63, 3.8) is 0 Å². The molecular formula is C13H22ClN5. The fraction of sp³-hybridized carbons (Fsp3) is 0.538. The van der Waals surface area contributed by atoms with E-state index in [2.05, 4.69) is 42.4 Å². The summed E-state index contributed by atoms with van der Waals surface area (Å²) in [5, 5.41) is 12.0. The van der Waals surface area contributed by atoms with E-state index in [9.17, 15) is 0 Å². The van der Waals surface area contributed by atoms with E-state index in [1.54, 1.807) is 0 Å². The lowest BCUT2D eigenvalue weighted by Gasteiger charge is -2.13. The van der Waals surface area contributed by atoms with Crippen LogP contribution in [0.2, 0.25) is 0 Å². The van der Waals surface area contributed by atoms with Gasteiger partial charge in [-0.25, -0.2) is 4.68 Å². The summed E-state index contributed by atoms with van der Waals surface area (Å²) in [6, 6.07) is 4.42. The number of aryl methyl sites for hydroxylation is 1. The van der Waals surface area contributed by atoms with Crippen molar-refractivity contribution in [3.05, 3.63) is 30.2 Å². The zero-order valence-corrected chi connectivity index (χ0v) is 12.5. The molecule has 2 heterocycles. The first-order valence-electron chi connectivity index (χ1n) is 6.50. The van der Waals surface area contributed by atoms with Gasteiger partial charge in [0.1, 0.15) is 5.82 Å². The molecule has 2 aromatic rings. The molecule has 6 heteroatoms. The highest BCUT2D eigenvalue weighted by Gasteiger charge is 2.06. The first-order valence-corrected chi connectivity index (χ1v) is 6.50. The first kappa shape index (κ1) is 15.6. The molecule has 0 aliphatic heterocycles. The molecule has 5 nitrogen and oxygen atoms in total. The zero-order chi connectivity index (χ0) is 13.0. The Morgan fingerprint density at radius 3 is 2.63 bits per heavy atom. The van der Waals surface area contributed by atoms with Crippen LogP contribution in [-0.2, 0) is 13.1 Å². The SMILES string of the molecule is CCCn1nccc1CNc1ccnn1C(C)C.Cl. The minimum absolute atomic E-state index is 0. The Hall–Kier alpha value is -1.49. The second-order valence-corrected chi connectivity index (χ2v) is 4.65. The van der Waals surface area contributed by atoms with Crippen molar-refractivity contribution in [1.29, 1.82) is 0 Å². The molecule has 0 unspecified atom stereocenters. The molecule has 0 radical (unpaired) electrons. The lowest BCUT2D eigenvalue weighted by atomic mass is 10.4. The predicted octanol–water partition coefficient (Wildman–Crippen LogP) is 3.10. The fourth-order valence-electron chi connectivity index (χ4n) is 1.97. The number of hydrogen-bond donors (Lipinski definition) is 1. The van der Waals surface area contributed by atoms with Crippen LogP contribution in [0.3, 0.4) is 0 Å². The van der Waals surface area contributed by atoms with E-state index in [1.807, 2.05) is 27.8 Å². The third-order valence-electron chi connectivity index (χ3n) is 2.85. The summed E-state index contributed by atoms with van der Waals surface area (Å²) in [4.78, 5) is 0. The van der Waals surface area contributed by atoms with Gasteiger partial charge in [0.15, 0.2) is 0 Å². The van der Waals surface area contributed by atoms with E-state index >= 15 is 0 Å². The third-order valence-corrected chi connectivity index (χ3v) is 2.85. The van der Waals surface area contributed by atoms with Gasteiger partial charge in [0.25, 0.3) is 0 Å². The molecule has 0 aromatic carbocycles. The van der Waals surface area contributed by atoms with Crippen LogP contribution in [-0.4, -0.2) is 19.6 Å². The van der Waals surface area contributed by atoms with Crippen molar-refractivity contribution in [2.45, 2.75) is 46.3 Å². The summed E-state index contributed by atoms with van der Waals surface area (Å²) in [6.45, 7) is 8.15. The average Bonchev–Trinajstić information content (AvgIpc) is 2.95. The number of rotatable bonds is 6. The van der Waals surface area contributed by atoms with Gasteiger partial charge in [0.2, 0.25) is 0 Å². The number of hydrogen-bond acceptors (Lipinski definition) is 3. The van der Waals surface area contributed by atoms with E-state index in [1.165, 1.54) is 5.69 Å². The van der Waals surface area contributed by atoms with Gasteiger partial charge in [-0.1, -0.05) is 6.92 Å². The number of halogens is 1. The molecule has 0 bridgehead atoms. The Morgan fingerprint density at radius 2 is 1.95 bits per heavy atom. The monoisotopic (exact) mass is 283 g/mol. The molecule has 0 fully saturated rings. The molecule has 0 spiro atoms. The highest BCUT2D eigenvalue weighted by Crippen LogP contribution is 2.14. The van der Waals surface area contributed by atoms with E-state index in [-0.39, 0.29) is 12.4 Å². The normalized spacial score (nSPS) is 10.5. The maximum Gasteiger partial charge on any atom is 0.124 e. The molecule has 1 N–H and O–H groups in total. The van der Waals surface area contributed by atoms with Gasteiger partial charge in [-0.3, -0.25) is 4.68 Å².